The third-order valence-electron chi connectivity index (χ3n) is 0.956. The molecule has 0 saturated heterocycles. The molecule has 0 rings (SSSR count). The Hall–Kier alpha value is -0.520. The van der Waals surface area contributed by atoms with Crippen LogP contribution < -0.4 is 0 Å². The predicted molar refractivity (Wildman–Crippen MR) is 38.7 cm³/mol. The van der Waals surface area contributed by atoms with E-state index in [9.17, 15) is 22.4 Å². The average molecular weight is 202 g/mol. The lowest BCUT2D eigenvalue weighted by Gasteiger charge is -2.14. The van der Waals surface area contributed by atoms with Crippen molar-refractivity contribution in [3.05, 3.63) is 11.0 Å². The van der Waals surface area contributed by atoms with Gasteiger partial charge in [0.1, 0.15) is 0 Å². The summed E-state index contributed by atoms with van der Waals surface area (Å²) in [6.45, 7) is 0.970. The number of hydrogen-bond donors (Lipinski definition) is 1. The van der Waals surface area contributed by atoms with Crippen LogP contribution in [0.5, 0.6) is 0 Å². The molecule has 1 nitrogen and oxygen atoms in total. The van der Waals surface area contributed by atoms with E-state index >= 15 is 0 Å². The summed E-state index contributed by atoms with van der Waals surface area (Å²) in [5.41, 5.74) is 0. The third-order valence-corrected chi connectivity index (χ3v) is 1.38. The number of rotatable bonds is 3. The molecule has 0 heterocycles. The fourth-order valence-corrected chi connectivity index (χ4v) is 0.680. The zero-order chi connectivity index (χ0) is 9.94. The van der Waals surface area contributed by atoms with Crippen molar-refractivity contribution < 1.29 is 22.4 Å². The van der Waals surface area contributed by atoms with Gasteiger partial charge >= 0.3 is 12.3 Å². The van der Waals surface area contributed by atoms with E-state index in [1.54, 1.807) is 0 Å². The van der Waals surface area contributed by atoms with Crippen molar-refractivity contribution in [1.29, 1.82) is 0 Å². The Balaban J connectivity index is 4.67. The maximum atomic E-state index is 12.3. The molecule has 0 fully saturated rings. The maximum absolute atomic E-state index is 12.3. The highest BCUT2D eigenvalue weighted by Crippen LogP contribution is 2.32. The van der Waals surface area contributed by atoms with Gasteiger partial charge in [-0.1, -0.05) is 0 Å². The first kappa shape index (κ1) is 11.5. The first-order chi connectivity index (χ1) is 5.28. The summed E-state index contributed by atoms with van der Waals surface area (Å²) in [4.78, 5) is 9.00. The molecule has 0 saturated carbocycles. The van der Waals surface area contributed by atoms with E-state index in [4.69, 9.17) is 0 Å². The SMILES string of the molecule is CC(=O)C=C(S)C(F)(F)C(F)F. The number of ketones is 1. The van der Waals surface area contributed by atoms with E-state index in [-0.39, 0.29) is 0 Å². The minimum atomic E-state index is -4.34. The fourth-order valence-electron chi connectivity index (χ4n) is 0.401. The van der Waals surface area contributed by atoms with Gasteiger partial charge in [0, 0.05) is 0 Å². The van der Waals surface area contributed by atoms with Crippen molar-refractivity contribution >= 4 is 18.4 Å². The van der Waals surface area contributed by atoms with Gasteiger partial charge in [-0.25, -0.2) is 8.78 Å². The Morgan fingerprint density at radius 3 is 2.17 bits per heavy atom. The molecule has 0 aliphatic rings. The molecule has 0 spiro atoms. The molecular weight excluding hydrogens is 196 g/mol. The van der Waals surface area contributed by atoms with Crippen LogP contribution in [0.15, 0.2) is 11.0 Å². The Kier molecular flexibility index (Phi) is 3.76. The van der Waals surface area contributed by atoms with Gasteiger partial charge in [-0.2, -0.15) is 8.78 Å². The monoisotopic (exact) mass is 202 g/mol. The van der Waals surface area contributed by atoms with Crippen LogP contribution >= 0.6 is 12.6 Å². The number of alkyl halides is 4. The van der Waals surface area contributed by atoms with Crippen molar-refractivity contribution in [3.8, 4) is 0 Å². The van der Waals surface area contributed by atoms with E-state index in [0.29, 0.717) is 6.08 Å². The standard InChI is InChI=1S/C6H6F4OS/c1-3(11)2-4(12)6(9,10)5(7)8/h2,5,12H,1H3. The summed E-state index contributed by atoms with van der Waals surface area (Å²) >= 11 is 3.10. The molecule has 0 N–H and O–H groups in total. The molecule has 0 aliphatic heterocycles. The summed E-state index contributed by atoms with van der Waals surface area (Å²) in [5.74, 6) is -5.09. The Morgan fingerprint density at radius 1 is 1.50 bits per heavy atom. The van der Waals surface area contributed by atoms with Gasteiger partial charge in [0.25, 0.3) is 0 Å². The van der Waals surface area contributed by atoms with Gasteiger partial charge in [0.2, 0.25) is 0 Å². The highest BCUT2D eigenvalue weighted by atomic mass is 32.1. The van der Waals surface area contributed by atoms with Crippen LogP contribution in [0, 0.1) is 0 Å². The number of halogens is 4. The molecule has 0 aromatic rings. The molecule has 0 aromatic heterocycles. The third kappa shape index (κ3) is 2.84. The van der Waals surface area contributed by atoms with Crippen LogP contribution in [0.4, 0.5) is 17.6 Å². The summed E-state index contributed by atoms with van der Waals surface area (Å²) in [7, 11) is 0. The van der Waals surface area contributed by atoms with E-state index in [0.717, 1.165) is 6.92 Å². The fraction of sp³-hybridized carbons (Fsp3) is 0.500. The highest BCUT2D eigenvalue weighted by Gasteiger charge is 2.43. The minimum Gasteiger partial charge on any atom is -0.295 e. The molecule has 70 valence electrons. The molecule has 0 bridgehead atoms. The second kappa shape index (κ2) is 3.93. The molecule has 0 radical (unpaired) electrons. The van der Waals surface area contributed by atoms with E-state index in [1.165, 1.54) is 0 Å². The molecule has 0 aromatic carbocycles. The lowest BCUT2D eigenvalue weighted by molar-refractivity contribution is -0.113. The molecule has 12 heavy (non-hydrogen) atoms. The molecule has 0 aliphatic carbocycles. The molecular formula is C6H6F4OS. The minimum absolute atomic E-state index is 0.370. The van der Waals surface area contributed by atoms with Crippen LogP contribution in [-0.4, -0.2) is 18.1 Å². The number of thiol groups is 1. The average Bonchev–Trinajstić information content (AvgIpc) is 1.85. The molecule has 0 unspecified atom stereocenters. The van der Waals surface area contributed by atoms with Crippen LogP contribution in [0.2, 0.25) is 0 Å². The van der Waals surface area contributed by atoms with Crippen LogP contribution in [0.25, 0.3) is 0 Å². The smallest absolute Gasteiger partial charge is 0.295 e. The van der Waals surface area contributed by atoms with Gasteiger partial charge < -0.3 is 0 Å². The van der Waals surface area contributed by atoms with Gasteiger partial charge in [0.05, 0.1) is 4.91 Å². The van der Waals surface area contributed by atoms with Crippen molar-refractivity contribution in [2.75, 3.05) is 0 Å². The summed E-state index contributed by atoms with van der Waals surface area (Å²) in [6.07, 6.45) is -3.48. The van der Waals surface area contributed by atoms with Gasteiger partial charge in [-0.05, 0) is 13.0 Å². The van der Waals surface area contributed by atoms with Crippen LogP contribution in [0.1, 0.15) is 6.92 Å². The van der Waals surface area contributed by atoms with Gasteiger partial charge in [-0.3, -0.25) is 4.79 Å². The zero-order valence-corrected chi connectivity index (χ0v) is 6.92. The van der Waals surface area contributed by atoms with E-state index in [2.05, 4.69) is 12.6 Å². The predicted octanol–water partition coefficient (Wildman–Crippen LogP) is 2.29. The second-order valence-corrected chi connectivity index (χ2v) is 2.55. The highest BCUT2D eigenvalue weighted by molar-refractivity contribution is 7.84. The number of hydrogen-bond acceptors (Lipinski definition) is 2. The number of carbonyl (C=O) groups excluding carboxylic acids is 1. The maximum Gasteiger partial charge on any atom is 0.338 e. The van der Waals surface area contributed by atoms with Crippen molar-refractivity contribution in [1.82, 2.24) is 0 Å². The lowest BCUT2D eigenvalue weighted by Crippen LogP contribution is -2.27. The quantitative estimate of drug-likeness (QED) is 0.422. The van der Waals surface area contributed by atoms with Crippen molar-refractivity contribution in [2.45, 2.75) is 19.3 Å². The Labute approximate surface area is 71.9 Å². The van der Waals surface area contributed by atoms with Crippen molar-refractivity contribution in [3.63, 3.8) is 0 Å². The van der Waals surface area contributed by atoms with Crippen LogP contribution in [-0.2, 0) is 4.79 Å². The second-order valence-electron chi connectivity index (χ2n) is 2.06. The zero-order valence-electron chi connectivity index (χ0n) is 6.02. The van der Waals surface area contributed by atoms with E-state index in [1.807, 2.05) is 0 Å². The summed E-state index contributed by atoms with van der Waals surface area (Å²) < 4.78 is 47.6. The van der Waals surface area contributed by atoms with E-state index < -0.39 is 23.0 Å². The molecule has 6 heteroatoms. The summed E-state index contributed by atoms with van der Waals surface area (Å²) in [6, 6.07) is 0. The van der Waals surface area contributed by atoms with Gasteiger partial charge in [-0.15, -0.1) is 12.6 Å². The summed E-state index contributed by atoms with van der Waals surface area (Å²) in [5, 5.41) is 0. The molecule has 0 amide bonds. The lowest BCUT2D eigenvalue weighted by atomic mass is 10.2. The number of allylic oxidation sites excluding steroid dienone is 2. The number of carbonyl (C=O) groups is 1. The molecule has 0 atom stereocenters. The normalized spacial score (nSPS) is 13.8. The Morgan fingerprint density at radius 2 is 1.92 bits per heavy atom. The first-order valence-corrected chi connectivity index (χ1v) is 3.31. The first-order valence-electron chi connectivity index (χ1n) is 2.86. The Bertz CT molecular complexity index is 212. The topological polar surface area (TPSA) is 17.1 Å². The van der Waals surface area contributed by atoms with Crippen molar-refractivity contribution in [2.24, 2.45) is 0 Å². The largest absolute Gasteiger partial charge is 0.338 e. The van der Waals surface area contributed by atoms with Crippen LogP contribution in [0.3, 0.4) is 0 Å². The van der Waals surface area contributed by atoms with Gasteiger partial charge in [0.15, 0.2) is 5.78 Å².